The molecule has 4 rings (SSSR count). The number of rotatable bonds is 1. The van der Waals surface area contributed by atoms with Crippen molar-refractivity contribution < 1.29 is 22.0 Å². The van der Waals surface area contributed by atoms with Crippen molar-refractivity contribution >= 4 is 30.6 Å². The van der Waals surface area contributed by atoms with Gasteiger partial charge >= 0.3 is 6.18 Å². The highest BCUT2D eigenvalue weighted by atomic mass is 32.2. The van der Waals surface area contributed by atoms with Crippen LogP contribution in [0.15, 0.2) is 60.7 Å². The van der Waals surface area contributed by atoms with Crippen molar-refractivity contribution in [2.75, 3.05) is 0 Å². The molecule has 0 N–H and O–H groups in total. The molecule has 0 spiro atoms. The molecule has 1 aromatic heterocycles. The van der Waals surface area contributed by atoms with Gasteiger partial charge in [-0.25, -0.2) is 8.78 Å². The van der Waals surface area contributed by atoms with Gasteiger partial charge in [0.25, 0.3) is 0 Å². The van der Waals surface area contributed by atoms with E-state index >= 15 is 0 Å². The molecule has 3 aromatic carbocycles. The van der Waals surface area contributed by atoms with Gasteiger partial charge in [-0.3, -0.25) is 0 Å². The third-order valence-corrected chi connectivity index (χ3v) is 6.40. The molecule has 0 radical (unpaired) electrons. The molecule has 0 fully saturated rings. The molecule has 0 aliphatic heterocycles. The normalized spacial score (nSPS) is 12.9. The minimum absolute atomic E-state index is 0.271. The molecule has 126 valence electrons. The summed E-state index contributed by atoms with van der Waals surface area (Å²) in [6, 6.07) is 13.8. The maximum Gasteiger partial charge on any atom is 0.416 e. The predicted octanol–water partition coefficient (Wildman–Crippen LogP) is 7.03. The van der Waals surface area contributed by atoms with Crippen LogP contribution >= 0.6 is 10.5 Å². The Labute approximate surface area is 142 Å². The van der Waals surface area contributed by atoms with Crippen molar-refractivity contribution in [1.82, 2.24) is 0 Å². The number of halogens is 5. The monoisotopic (exact) mass is 365 g/mol. The van der Waals surface area contributed by atoms with E-state index in [1.54, 1.807) is 24.3 Å². The Kier molecular flexibility index (Phi) is 3.54. The van der Waals surface area contributed by atoms with Crippen LogP contribution < -0.4 is 0 Å². The SMILES string of the molecule is Fc1ccc(-[s+]2c3ccccc3c3cc(C(F)(F)F)ccc32)c(F)c1. The smallest absolute Gasteiger partial charge is 0.207 e. The number of thiophene rings is 1. The van der Waals surface area contributed by atoms with Crippen molar-refractivity contribution in [2.24, 2.45) is 0 Å². The molecule has 0 aliphatic carbocycles. The molecular weight excluding hydrogens is 355 g/mol. The molecule has 0 amide bonds. The molecule has 1 heterocycles. The lowest BCUT2D eigenvalue weighted by atomic mass is 10.1. The van der Waals surface area contributed by atoms with Gasteiger partial charge in [0.15, 0.2) is 15.2 Å². The summed E-state index contributed by atoms with van der Waals surface area (Å²) < 4.78 is 68.1. The Hall–Kier alpha value is -2.47. The number of fused-ring (bicyclic) bond motifs is 3. The van der Waals surface area contributed by atoms with E-state index in [2.05, 4.69) is 0 Å². The molecule has 0 nitrogen and oxygen atoms in total. The Morgan fingerprint density at radius 2 is 1.44 bits per heavy atom. The molecular formula is C19H10F5S+. The lowest BCUT2D eigenvalue weighted by Gasteiger charge is -2.05. The van der Waals surface area contributed by atoms with E-state index < -0.39 is 33.8 Å². The second kappa shape index (κ2) is 5.52. The summed E-state index contributed by atoms with van der Waals surface area (Å²) in [7, 11) is -0.904. The van der Waals surface area contributed by atoms with Crippen LogP contribution in [-0.2, 0) is 6.18 Å². The zero-order chi connectivity index (χ0) is 17.8. The number of benzene rings is 3. The van der Waals surface area contributed by atoms with Crippen LogP contribution in [0.5, 0.6) is 0 Å². The molecule has 4 aromatic rings. The first-order valence-electron chi connectivity index (χ1n) is 7.36. The van der Waals surface area contributed by atoms with E-state index in [0.717, 1.165) is 29.0 Å². The second-order valence-electron chi connectivity index (χ2n) is 5.59. The van der Waals surface area contributed by atoms with Crippen molar-refractivity contribution in [2.45, 2.75) is 6.18 Å². The van der Waals surface area contributed by atoms with Gasteiger partial charge in [-0.1, -0.05) is 12.1 Å². The number of alkyl halides is 3. The van der Waals surface area contributed by atoms with E-state index in [4.69, 9.17) is 0 Å². The van der Waals surface area contributed by atoms with Gasteiger partial charge in [-0.05, 0) is 36.4 Å². The summed E-state index contributed by atoms with van der Waals surface area (Å²) in [5.41, 5.74) is -0.744. The third kappa shape index (κ3) is 2.57. The second-order valence-corrected chi connectivity index (χ2v) is 7.52. The van der Waals surface area contributed by atoms with Crippen molar-refractivity contribution in [3.63, 3.8) is 0 Å². The van der Waals surface area contributed by atoms with Gasteiger partial charge in [-0.15, -0.1) is 0 Å². The van der Waals surface area contributed by atoms with Crippen LogP contribution in [0.4, 0.5) is 22.0 Å². The van der Waals surface area contributed by atoms with E-state index in [1.807, 2.05) is 0 Å². The first-order valence-corrected chi connectivity index (χ1v) is 8.59. The van der Waals surface area contributed by atoms with Crippen LogP contribution in [0, 0.1) is 11.6 Å². The van der Waals surface area contributed by atoms with E-state index in [9.17, 15) is 22.0 Å². The summed E-state index contributed by atoms with van der Waals surface area (Å²) >= 11 is 0. The molecule has 25 heavy (non-hydrogen) atoms. The Balaban J connectivity index is 2.13. The standard InChI is InChI=1S/C19H10F5S/c20-12-6-8-18(15(21)10-12)25-16-4-2-1-3-13(16)14-9-11(19(22,23)24)5-7-17(14)25/h1-10H/q+1. The number of hydrogen-bond acceptors (Lipinski definition) is 0. The van der Waals surface area contributed by atoms with Crippen LogP contribution in [-0.4, -0.2) is 0 Å². The van der Waals surface area contributed by atoms with Crippen molar-refractivity contribution in [3.05, 3.63) is 77.9 Å². The summed E-state index contributed by atoms with van der Waals surface area (Å²) in [5, 5.41) is 1.09. The summed E-state index contributed by atoms with van der Waals surface area (Å²) in [5.74, 6) is -1.39. The molecule has 0 saturated heterocycles. The molecule has 1 unspecified atom stereocenters. The summed E-state index contributed by atoms with van der Waals surface area (Å²) in [6.45, 7) is 0. The highest BCUT2D eigenvalue weighted by molar-refractivity contribution is 7.50. The largest absolute Gasteiger partial charge is 0.416 e. The topological polar surface area (TPSA) is 0 Å². The first kappa shape index (κ1) is 16.0. The van der Waals surface area contributed by atoms with Crippen LogP contribution in [0.2, 0.25) is 0 Å². The average Bonchev–Trinajstić information content (AvgIpc) is 2.88. The minimum atomic E-state index is -4.45. The van der Waals surface area contributed by atoms with Crippen LogP contribution in [0.1, 0.15) is 5.56 Å². The van der Waals surface area contributed by atoms with Gasteiger partial charge in [0.2, 0.25) is 4.90 Å². The lowest BCUT2D eigenvalue weighted by molar-refractivity contribution is -0.137. The Bertz CT molecular complexity index is 1110. The van der Waals surface area contributed by atoms with Gasteiger partial charge in [0.05, 0.1) is 5.56 Å². The first-order chi connectivity index (χ1) is 11.9. The van der Waals surface area contributed by atoms with E-state index in [1.165, 1.54) is 12.1 Å². The maximum atomic E-state index is 14.3. The molecule has 0 aliphatic rings. The van der Waals surface area contributed by atoms with Gasteiger partial charge in [-0.2, -0.15) is 13.2 Å². The van der Waals surface area contributed by atoms with Crippen LogP contribution in [0.25, 0.3) is 25.1 Å². The number of hydrogen-bond donors (Lipinski definition) is 0. The predicted molar refractivity (Wildman–Crippen MR) is 90.2 cm³/mol. The van der Waals surface area contributed by atoms with Gasteiger partial charge in [0, 0.05) is 33.4 Å². The lowest BCUT2D eigenvalue weighted by Crippen LogP contribution is -2.03. The zero-order valence-electron chi connectivity index (χ0n) is 12.6. The molecule has 1 atom stereocenters. The van der Waals surface area contributed by atoms with E-state index in [0.29, 0.717) is 15.5 Å². The Morgan fingerprint density at radius 3 is 2.16 bits per heavy atom. The molecule has 0 bridgehead atoms. The Morgan fingerprint density at radius 1 is 0.720 bits per heavy atom. The summed E-state index contributed by atoms with van der Waals surface area (Å²) in [4.78, 5) is 0.271. The molecule has 6 heteroatoms. The minimum Gasteiger partial charge on any atom is -0.207 e. The highest BCUT2D eigenvalue weighted by Gasteiger charge is 2.33. The summed E-state index contributed by atoms with van der Waals surface area (Å²) in [6.07, 6.45) is -4.45. The fourth-order valence-electron chi connectivity index (χ4n) is 2.96. The average molecular weight is 365 g/mol. The van der Waals surface area contributed by atoms with Crippen molar-refractivity contribution in [3.8, 4) is 4.90 Å². The molecule has 0 saturated carbocycles. The highest BCUT2D eigenvalue weighted by Crippen LogP contribution is 2.50. The third-order valence-electron chi connectivity index (χ3n) is 4.04. The quantitative estimate of drug-likeness (QED) is 0.251. The van der Waals surface area contributed by atoms with Crippen molar-refractivity contribution in [1.29, 1.82) is 0 Å². The maximum absolute atomic E-state index is 14.3. The zero-order valence-corrected chi connectivity index (χ0v) is 13.4. The fraction of sp³-hybridized carbons (Fsp3) is 0.0526. The van der Waals surface area contributed by atoms with Crippen LogP contribution in [0.3, 0.4) is 0 Å². The fourth-order valence-corrected chi connectivity index (χ4v) is 5.33. The van der Waals surface area contributed by atoms with Gasteiger partial charge in [0.1, 0.15) is 5.82 Å². The van der Waals surface area contributed by atoms with Gasteiger partial charge < -0.3 is 0 Å². The van der Waals surface area contributed by atoms with E-state index in [-0.39, 0.29) is 4.90 Å².